The van der Waals surface area contributed by atoms with E-state index in [2.05, 4.69) is 20.7 Å². The van der Waals surface area contributed by atoms with Crippen LogP contribution in [-0.2, 0) is 9.59 Å². The van der Waals surface area contributed by atoms with Crippen LogP contribution in [0, 0.1) is 13.8 Å². The molecule has 2 aromatic rings. The standard InChI is InChI=1S/C14H14ClN5O2/c1-7-3-4-9(15)5-10(7)17-13(22)11-6-12(21)18-14-16-8(2)19-20(11)14/h3-5,11H,6H2,1-2H3,(H,17,22)(H,16,18,19,21). The number of nitrogens with one attached hydrogen (secondary N) is 2. The monoisotopic (exact) mass is 319 g/mol. The summed E-state index contributed by atoms with van der Waals surface area (Å²) in [5, 5.41) is 10.1. The van der Waals surface area contributed by atoms with Gasteiger partial charge in [-0.25, -0.2) is 4.68 Å². The second-order valence-corrected chi connectivity index (χ2v) is 5.58. The first-order valence-electron chi connectivity index (χ1n) is 6.74. The summed E-state index contributed by atoms with van der Waals surface area (Å²) >= 11 is 5.95. The van der Waals surface area contributed by atoms with E-state index in [-0.39, 0.29) is 24.2 Å². The summed E-state index contributed by atoms with van der Waals surface area (Å²) < 4.78 is 1.44. The fourth-order valence-electron chi connectivity index (χ4n) is 2.32. The molecular formula is C14H14ClN5O2. The first-order chi connectivity index (χ1) is 10.4. The molecule has 0 aliphatic carbocycles. The van der Waals surface area contributed by atoms with Gasteiger partial charge in [0.2, 0.25) is 17.8 Å². The highest BCUT2D eigenvalue weighted by atomic mass is 35.5. The van der Waals surface area contributed by atoms with Gasteiger partial charge in [-0.05, 0) is 31.5 Å². The quantitative estimate of drug-likeness (QED) is 0.886. The number of benzene rings is 1. The van der Waals surface area contributed by atoms with E-state index < -0.39 is 6.04 Å². The van der Waals surface area contributed by atoms with Crippen LogP contribution in [0.15, 0.2) is 18.2 Å². The van der Waals surface area contributed by atoms with Gasteiger partial charge in [-0.15, -0.1) is 0 Å². The van der Waals surface area contributed by atoms with Crippen molar-refractivity contribution >= 4 is 35.1 Å². The maximum atomic E-state index is 12.5. The number of amides is 2. The first kappa shape index (κ1) is 14.5. The number of rotatable bonds is 2. The van der Waals surface area contributed by atoms with Crippen LogP contribution in [0.4, 0.5) is 11.6 Å². The normalized spacial score (nSPS) is 16.9. The number of carbonyl (C=O) groups excluding carboxylic acids is 2. The Morgan fingerprint density at radius 2 is 2.23 bits per heavy atom. The lowest BCUT2D eigenvalue weighted by molar-refractivity contribution is -0.125. The van der Waals surface area contributed by atoms with Gasteiger partial charge < -0.3 is 5.32 Å². The van der Waals surface area contributed by atoms with Crippen molar-refractivity contribution in [3.05, 3.63) is 34.6 Å². The van der Waals surface area contributed by atoms with Crippen molar-refractivity contribution in [1.29, 1.82) is 0 Å². The average Bonchev–Trinajstić information content (AvgIpc) is 2.81. The van der Waals surface area contributed by atoms with Crippen LogP contribution in [0.2, 0.25) is 5.02 Å². The molecule has 0 spiro atoms. The Bertz CT molecular complexity index is 771. The van der Waals surface area contributed by atoms with E-state index in [4.69, 9.17) is 11.6 Å². The van der Waals surface area contributed by atoms with Gasteiger partial charge in [0, 0.05) is 10.7 Å². The van der Waals surface area contributed by atoms with Crippen molar-refractivity contribution in [2.24, 2.45) is 0 Å². The Labute approximate surface area is 131 Å². The van der Waals surface area contributed by atoms with Gasteiger partial charge in [-0.2, -0.15) is 10.1 Å². The summed E-state index contributed by atoms with van der Waals surface area (Å²) in [6.07, 6.45) is 0.0151. The number of halogens is 1. The highest BCUT2D eigenvalue weighted by Crippen LogP contribution is 2.26. The number of hydrogen-bond donors (Lipinski definition) is 2. The van der Waals surface area contributed by atoms with E-state index in [0.717, 1.165) is 5.56 Å². The van der Waals surface area contributed by atoms with E-state index in [1.54, 1.807) is 19.1 Å². The Morgan fingerprint density at radius 3 is 3.00 bits per heavy atom. The smallest absolute Gasteiger partial charge is 0.249 e. The molecule has 0 radical (unpaired) electrons. The number of fused-ring (bicyclic) bond motifs is 1. The molecule has 0 bridgehead atoms. The summed E-state index contributed by atoms with van der Waals surface area (Å²) in [4.78, 5) is 28.3. The van der Waals surface area contributed by atoms with Gasteiger partial charge in [0.05, 0.1) is 6.42 Å². The molecule has 3 rings (SSSR count). The SMILES string of the molecule is Cc1nc2n(n1)C(C(=O)Nc1cc(Cl)ccc1C)CC(=O)N2. The van der Waals surface area contributed by atoms with Crippen molar-refractivity contribution < 1.29 is 9.59 Å². The molecular weight excluding hydrogens is 306 g/mol. The van der Waals surface area contributed by atoms with Crippen LogP contribution >= 0.6 is 11.6 Å². The molecule has 0 fully saturated rings. The lowest BCUT2D eigenvalue weighted by atomic mass is 10.1. The summed E-state index contributed by atoms with van der Waals surface area (Å²) in [6, 6.07) is 4.50. The maximum absolute atomic E-state index is 12.5. The first-order valence-corrected chi connectivity index (χ1v) is 7.12. The third kappa shape index (κ3) is 2.67. The van der Waals surface area contributed by atoms with Crippen LogP contribution < -0.4 is 10.6 Å². The zero-order valence-electron chi connectivity index (χ0n) is 12.1. The number of aromatic nitrogens is 3. The van der Waals surface area contributed by atoms with E-state index >= 15 is 0 Å². The fraction of sp³-hybridized carbons (Fsp3) is 0.286. The molecule has 1 aliphatic rings. The minimum atomic E-state index is -0.733. The van der Waals surface area contributed by atoms with Crippen molar-refractivity contribution in [3.8, 4) is 0 Å². The maximum Gasteiger partial charge on any atom is 0.249 e. The lowest BCUT2D eigenvalue weighted by Gasteiger charge is -2.22. The highest BCUT2D eigenvalue weighted by molar-refractivity contribution is 6.31. The predicted octanol–water partition coefficient (Wildman–Crippen LogP) is 2.07. The average molecular weight is 320 g/mol. The van der Waals surface area contributed by atoms with E-state index in [1.165, 1.54) is 4.68 Å². The largest absolute Gasteiger partial charge is 0.324 e. The topological polar surface area (TPSA) is 88.9 Å². The second kappa shape index (κ2) is 5.42. The van der Waals surface area contributed by atoms with Crippen molar-refractivity contribution in [3.63, 3.8) is 0 Å². The number of hydrogen-bond acceptors (Lipinski definition) is 4. The Hall–Kier alpha value is -2.41. The zero-order valence-corrected chi connectivity index (χ0v) is 12.8. The number of carbonyl (C=O) groups is 2. The van der Waals surface area contributed by atoms with Gasteiger partial charge in [0.15, 0.2) is 0 Å². The third-order valence-corrected chi connectivity index (χ3v) is 3.66. The van der Waals surface area contributed by atoms with E-state index in [1.807, 2.05) is 13.0 Å². The molecule has 1 aromatic heterocycles. The fourth-order valence-corrected chi connectivity index (χ4v) is 2.49. The van der Waals surface area contributed by atoms with E-state index in [0.29, 0.717) is 16.5 Å². The Morgan fingerprint density at radius 1 is 1.45 bits per heavy atom. The molecule has 2 N–H and O–H groups in total. The number of anilines is 2. The number of aryl methyl sites for hydroxylation is 2. The summed E-state index contributed by atoms with van der Waals surface area (Å²) in [5.74, 6) is 0.194. The summed E-state index contributed by atoms with van der Waals surface area (Å²) in [6.45, 7) is 3.57. The Kier molecular flexibility index (Phi) is 3.58. The van der Waals surface area contributed by atoms with Crippen molar-refractivity contribution in [2.75, 3.05) is 10.6 Å². The highest BCUT2D eigenvalue weighted by Gasteiger charge is 2.32. The van der Waals surface area contributed by atoms with Crippen molar-refractivity contribution in [1.82, 2.24) is 14.8 Å². The van der Waals surface area contributed by atoms with Gasteiger partial charge in [0.1, 0.15) is 11.9 Å². The van der Waals surface area contributed by atoms with Gasteiger partial charge in [0.25, 0.3) is 0 Å². The van der Waals surface area contributed by atoms with E-state index in [9.17, 15) is 9.59 Å². The number of nitrogens with zero attached hydrogens (tertiary/aromatic N) is 3. The lowest BCUT2D eigenvalue weighted by Crippen LogP contribution is -2.36. The molecule has 1 unspecified atom stereocenters. The molecule has 1 aliphatic heterocycles. The van der Waals surface area contributed by atoms with Gasteiger partial charge in [-0.3, -0.25) is 14.9 Å². The molecule has 7 nitrogen and oxygen atoms in total. The summed E-state index contributed by atoms with van der Waals surface area (Å²) in [7, 11) is 0. The molecule has 0 saturated carbocycles. The molecule has 22 heavy (non-hydrogen) atoms. The third-order valence-electron chi connectivity index (χ3n) is 3.42. The molecule has 2 heterocycles. The molecule has 114 valence electrons. The molecule has 1 atom stereocenters. The van der Waals surface area contributed by atoms with Crippen LogP contribution in [-0.4, -0.2) is 26.6 Å². The minimum absolute atomic E-state index is 0.0151. The summed E-state index contributed by atoms with van der Waals surface area (Å²) in [5.41, 5.74) is 1.50. The zero-order chi connectivity index (χ0) is 15.9. The van der Waals surface area contributed by atoms with Gasteiger partial charge >= 0.3 is 0 Å². The second-order valence-electron chi connectivity index (χ2n) is 5.14. The van der Waals surface area contributed by atoms with Crippen LogP contribution in [0.1, 0.15) is 23.9 Å². The van der Waals surface area contributed by atoms with Crippen molar-refractivity contribution in [2.45, 2.75) is 26.3 Å². The minimum Gasteiger partial charge on any atom is -0.324 e. The van der Waals surface area contributed by atoms with Crippen LogP contribution in [0.3, 0.4) is 0 Å². The van der Waals surface area contributed by atoms with Gasteiger partial charge in [-0.1, -0.05) is 17.7 Å². The molecule has 0 saturated heterocycles. The molecule has 1 aromatic carbocycles. The predicted molar refractivity (Wildman–Crippen MR) is 81.9 cm³/mol. The van der Waals surface area contributed by atoms with Crippen LogP contribution in [0.25, 0.3) is 0 Å². The molecule has 8 heteroatoms. The Balaban J connectivity index is 1.89. The van der Waals surface area contributed by atoms with Crippen LogP contribution in [0.5, 0.6) is 0 Å². The molecule has 2 amide bonds.